The molecule has 0 aliphatic carbocycles. The number of rotatable bonds is 7. The lowest BCUT2D eigenvalue weighted by molar-refractivity contribution is 0.135. The number of amides is 2. The zero-order valence-electron chi connectivity index (χ0n) is 11.4. The molecule has 104 valence electrons. The number of primary amides is 1. The van der Waals surface area contributed by atoms with Gasteiger partial charge in [-0.1, -0.05) is 25.5 Å². The van der Waals surface area contributed by atoms with Gasteiger partial charge in [0.15, 0.2) is 0 Å². The molecule has 1 fully saturated rings. The third kappa shape index (κ3) is 6.05. The molecule has 0 aromatic heterocycles. The maximum atomic E-state index is 11.0. The summed E-state index contributed by atoms with van der Waals surface area (Å²) >= 11 is 0. The number of carbonyl (C=O) groups is 1. The Kier molecular flexibility index (Phi) is 7.49. The van der Waals surface area contributed by atoms with Crippen LogP contribution in [0.25, 0.3) is 0 Å². The van der Waals surface area contributed by atoms with E-state index >= 15 is 0 Å². The van der Waals surface area contributed by atoms with E-state index in [0.29, 0.717) is 5.92 Å². The summed E-state index contributed by atoms with van der Waals surface area (Å²) < 4.78 is 5.49. The van der Waals surface area contributed by atoms with E-state index in [2.05, 4.69) is 19.1 Å². The number of urea groups is 1. The fourth-order valence-electron chi connectivity index (χ4n) is 2.10. The summed E-state index contributed by atoms with van der Waals surface area (Å²) in [5, 5.41) is 0. The average Bonchev–Trinajstić information content (AvgIpc) is 2.38. The summed E-state index contributed by atoms with van der Waals surface area (Å²) in [5.74, 6) is 0.594. The van der Waals surface area contributed by atoms with Crippen LogP contribution in [0.15, 0.2) is 12.2 Å². The molecule has 4 nitrogen and oxygen atoms in total. The molecule has 0 saturated carbocycles. The molecule has 1 aliphatic heterocycles. The molecule has 1 rings (SSSR count). The van der Waals surface area contributed by atoms with E-state index in [4.69, 9.17) is 10.5 Å². The number of piperidine rings is 1. The molecule has 4 heteroatoms. The maximum absolute atomic E-state index is 11.0. The van der Waals surface area contributed by atoms with Crippen LogP contribution in [0.5, 0.6) is 0 Å². The summed E-state index contributed by atoms with van der Waals surface area (Å²) in [4.78, 5) is 12.7. The van der Waals surface area contributed by atoms with Crippen LogP contribution < -0.4 is 5.73 Å². The van der Waals surface area contributed by atoms with Crippen LogP contribution in [-0.2, 0) is 4.74 Å². The van der Waals surface area contributed by atoms with Gasteiger partial charge in [0.2, 0.25) is 0 Å². The molecule has 1 aliphatic rings. The van der Waals surface area contributed by atoms with Gasteiger partial charge in [0, 0.05) is 19.7 Å². The number of nitrogens with zero attached hydrogens (tertiary/aromatic N) is 1. The highest BCUT2D eigenvalue weighted by Crippen LogP contribution is 2.18. The van der Waals surface area contributed by atoms with Crippen LogP contribution >= 0.6 is 0 Å². The Morgan fingerprint density at radius 2 is 2.11 bits per heavy atom. The lowest BCUT2D eigenvalue weighted by Gasteiger charge is -2.29. The number of nitrogens with two attached hydrogens (primary N) is 1. The number of carbonyl (C=O) groups excluding carboxylic acids is 1. The second-order valence-electron chi connectivity index (χ2n) is 4.85. The molecule has 2 amide bonds. The fourth-order valence-corrected chi connectivity index (χ4v) is 2.10. The smallest absolute Gasteiger partial charge is 0.314 e. The van der Waals surface area contributed by atoms with Crippen molar-refractivity contribution in [2.45, 2.75) is 39.0 Å². The van der Waals surface area contributed by atoms with Gasteiger partial charge in [-0.2, -0.15) is 0 Å². The summed E-state index contributed by atoms with van der Waals surface area (Å²) in [6.07, 6.45) is 9.84. The Morgan fingerprint density at radius 3 is 2.72 bits per heavy atom. The van der Waals surface area contributed by atoms with Crippen molar-refractivity contribution < 1.29 is 9.53 Å². The van der Waals surface area contributed by atoms with Crippen molar-refractivity contribution in [3.8, 4) is 0 Å². The standard InChI is InChI=1S/C14H26N2O2/c1-2-3-11-18-12-5-4-6-13-7-9-16(10-8-13)14(15)17/h4,6,13H,2-3,5,7-12H2,1H3,(H2,15,17)/b6-4-. The topological polar surface area (TPSA) is 55.6 Å². The Bertz CT molecular complexity index is 259. The fraction of sp³-hybridized carbons (Fsp3) is 0.786. The molecule has 0 unspecified atom stereocenters. The Balaban J connectivity index is 2.04. The molecule has 0 spiro atoms. The number of hydrogen-bond acceptors (Lipinski definition) is 2. The molecule has 0 aromatic rings. The Morgan fingerprint density at radius 1 is 1.39 bits per heavy atom. The van der Waals surface area contributed by atoms with Crippen molar-refractivity contribution in [2.24, 2.45) is 11.7 Å². The molecular weight excluding hydrogens is 228 g/mol. The molecule has 0 radical (unpaired) electrons. The van der Waals surface area contributed by atoms with Gasteiger partial charge < -0.3 is 15.4 Å². The van der Waals surface area contributed by atoms with Gasteiger partial charge in [-0.3, -0.25) is 0 Å². The summed E-state index contributed by atoms with van der Waals surface area (Å²) in [6.45, 7) is 5.44. The van der Waals surface area contributed by atoms with Crippen molar-refractivity contribution in [2.75, 3.05) is 26.3 Å². The zero-order valence-corrected chi connectivity index (χ0v) is 11.4. The zero-order chi connectivity index (χ0) is 13.2. The van der Waals surface area contributed by atoms with Crippen LogP contribution in [0.4, 0.5) is 4.79 Å². The molecule has 1 saturated heterocycles. The predicted octanol–water partition coefficient (Wildman–Crippen LogP) is 2.54. The van der Waals surface area contributed by atoms with Gasteiger partial charge in [-0.25, -0.2) is 4.79 Å². The van der Waals surface area contributed by atoms with E-state index in [1.54, 1.807) is 4.90 Å². The number of allylic oxidation sites excluding steroid dienone is 1. The summed E-state index contributed by atoms with van der Waals surface area (Å²) in [7, 11) is 0. The first-order valence-electron chi connectivity index (χ1n) is 7.02. The monoisotopic (exact) mass is 254 g/mol. The molecule has 2 N–H and O–H groups in total. The number of likely N-dealkylation sites (tertiary alicyclic amines) is 1. The van der Waals surface area contributed by atoms with E-state index in [-0.39, 0.29) is 6.03 Å². The minimum Gasteiger partial charge on any atom is -0.381 e. The largest absolute Gasteiger partial charge is 0.381 e. The van der Waals surface area contributed by atoms with Crippen molar-refractivity contribution in [1.29, 1.82) is 0 Å². The minimum atomic E-state index is -0.290. The molecular formula is C14H26N2O2. The number of unbranched alkanes of at least 4 members (excludes halogenated alkanes) is 1. The SMILES string of the molecule is CCCCOCC/C=C\C1CCN(C(N)=O)CC1. The van der Waals surface area contributed by atoms with Crippen molar-refractivity contribution in [3.05, 3.63) is 12.2 Å². The summed E-state index contributed by atoms with van der Waals surface area (Å²) in [5.41, 5.74) is 5.24. The van der Waals surface area contributed by atoms with E-state index in [0.717, 1.165) is 52.0 Å². The molecule has 0 atom stereocenters. The van der Waals surface area contributed by atoms with E-state index in [1.807, 2.05) is 0 Å². The first kappa shape index (κ1) is 15.0. The van der Waals surface area contributed by atoms with E-state index in [1.165, 1.54) is 6.42 Å². The van der Waals surface area contributed by atoms with Crippen LogP contribution in [0.1, 0.15) is 39.0 Å². The van der Waals surface area contributed by atoms with Crippen molar-refractivity contribution >= 4 is 6.03 Å². The Hall–Kier alpha value is -1.03. The minimum absolute atomic E-state index is 0.290. The second-order valence-corrected chi connectivity index (χ2v) is 4.85. The first-order valence-corrected chi connectivity index (χ1v) is 7.02. The van der Waals surface area contributed by atoms with Gasteiger partial charge in [-0.15, -0.1) is 0 Å². The highest BCUT2D eigenvalue weighted by atomic mass is 16.5. The van der Waals surface area contributed by atoms with Crippen molar-refractivity contribution in [1.82, 2.24) is 4.90 Å². The lowest BCUT2D eigenvalue weighted by Crippen LogP contribution is -2.41. The first-order chi connectivity index (χ1) is 8.74. The van der Waals surface area contributed by atoms with Crippen LogP contribution in [0.2, 0.25) is 0 Å². The van der Waals surface area contributed by atoms with Crippen LogP contribution in [0, 0.1) is 5.92 Å². The highest BCUT2D eigenvalue weighted by Gasteiger charge is 2.18. The van der Waals surface area contributed by atoms with Crippen LogP contribution in [0.3, 0.4) is 0 Å². The average molecular weight is 254 g/mol. The number of hydrogen-bond donors (Lipinski definition) is 1. The second kappa shape index (κ2) is 8.97. The third-order valence-corrected chi connectivity index (χ3v) is 3.33. The van der Waals surface area contributed by atoms with E-state index < -0.39 is 0 Å². The molecule has 1 heterocycles. The van der Waals surface area contributed by atoms with E-state index in [9.17, 15) is 4.79 Å². The van der Waals surface area contributed by atoms with Gasteiger partial charge in [0.1, 0.15) is 0 Å². The Labute approximate surface area is 110 Å². The molecule has 0 bridgehead atoms. The quantitative estimate of drug-likeness (QED) is 0.560. The normalized spacial score (nSPS) is 17.5. The maximum Gasteiger partial charge on any atom is 0.314 e. The highest BCUT2D eigenvalue weighted by molar-refractivity contribution is 5.72. The van der Waals surface area contributed by atoms with Gasteiger partial charge in [0.05, 0.1) is 6.61 Å². The third-order valence-electron chi connectivity index (χ3n) is 3.33. The van der Waals surface area contributed by atoms with Crippen molar-refractivity contribution in [3.63, 3.8) is 0 Å². The van der Waals surface area contributed by atoms with Gasteiger partial charge in [0.25, 0.3) is 0 Å². The van der Waals surface area contributed by atoms with Crippen LogP contribution in [-0.4, -0.2) is 37.2 Å². The number of ether oxygens (including phenoxy) is 1. The summed E-state index contributed by atoms with van der Waals surface area (Å²) in [6, 6.07) is -0.290. The lowest BCUT2D eigenvalue weighted by atomic mass is 9.96. The molecule has 0 aromatic carbocycles. The van der Waals surface area contributed by atoms with Gasteiger partial charge in [-0.05, 0) is 31.6 Å². The molecule has 18 heavy (non-hydrogen) atoms. The predicted molar refractivity (Wildman–Crippen MR) is 73.4 cm³/mol. The van der Waals surface area contributed by atoms with Gasteiger partial charge >= 0.3 is 6.03 Å².